The van der Waals surface area contributed by atoms with Crippen molar-refractivity contribution in [2.45, 2.75) is 0 Å². The molecule has 150 valence electrons. The highest BCUT2D eigenvalue weighted by atomic mass is 35.5. The number of para-hydroxylation sites is 1. The van der Waals surface area contributed by atoms with E-state index in [4.69, 9.17) is 32.4 Å². The summed E-state index contributed by atoms with van der Waals surface area (Å²) in [6.07, 6.45) is 0. The van der Waals surface area contributed by atoms with Crippen molar-refractivity contribution in [3.05, 3.63) is 93.3 Å². The van der Waals surface area contributed by atoms with Gasteiger partial charge < -0.3 is 14.5 Å². The second-order valence-corrected chi connectivity index (χ2v) is 7.32. The Morgan fingerprint density at radius 2 is 1.80 bits per heavy atom. The van der Waals surface area contributed by atoms with Gasteiger partial charge in [-0.1, -0.05) is 53.5 Å². The van der Waals surface area contributed by atoms with Crippen LogP contribution in [-0.2, 0) is 4.79 Å². The highest BCUT2D eigenvalue weighted by Gasteiger charge is 2.10. The van der Waals surface area contributed by atoms with Crippen molar-refractivity contribution in [2.75, 3.05) is 11.9 Å². The van der Waals surface area contributed by atoms with E-state index in [9.17, 15) is 9.59 Å². The number of amides is 1. The summed E-state index contributed by atoms with van der Waals surface area (Å²) in [7, 11) is 0. The molecule has 0 atom stereocenters. The minimum absolute atomic E-state index is 0.232. The van der Waals surface area contributed by atoms with Gasteiger partial charge >= 0.3 is 5.63 Å². The third kappa shape index (κ3) is 4.48. The average molecular weight is 440 g/mol. The zero-order valence-electron chi connectivity index (χ0n) is 15.5. The molecule has 0 fully saturated rings. The Labute approximate surface area is 181 Å². The van der Waals surface area contributed by atoms with Crippen molar-refractivity contribution in [2.24, 2.45) is 0 Å². The highest BCUT2D eigenvalue weighted by molar-refractivity contribution is 6.35. The fraction of sp³-hybridized carbons (Fsp3) is 0.0435. The Morgan fingerprint density at radius 3 is 2.63 bits per heavy atom. The summed E-state index contributed by atoms with van der Waals surface area (Å²) < 4.78 is 10.8. The van der Waals surface area contributed by atoms with Crippen LogP contribution in [0.1, 0.15) is 0 Å². The Morgan fingerprint density at radius 1 is 0.967 bits per heavy atom. The first-order valence-corrected chi connectivity index (χ1v) is 9.76. The maximum Gasteiger partial charge on any atom is 0.344 e. The zero-order chi connectivity index (χ0) is 21.1. The molecule has 0 bridgehead atoms. The van der Waals surface area contributed by atoms with Crippen LogP contribution < -0.4 is 15.7 Å². The average Bonchev–Trinajstić information content (AvgIpc) is 2.73. The van der Waals surface area contributed by atoms with Gasteiger partial charge in [0.15, 0.2) is 6.61 Å². The second kappa shape index (κ2) is 8.61. The fourth-order valence-electron chi connectivity index (χ4n) is 2.96. The molecular weight excluding hydrogens is 425 g/mol. The Hall–Kier alpha value is -3.28. The summed E-state index contributed by atoms with van der Waals surface area (Å²) in [6, 6.07) is 20.8. The van der Waals surface area contributed by atoms with Crippen LogP contribution in [0.15, 0.2) is 82.0 Å². The van der Waals surface area contributed by atoms with E-state index in [0.29, 0.717) is 38.2 Å². The van der Waals surface area contributed by atoms with Crippen LogP contribution in [0.25, 0.3) is 22.1 Å². The number of halogens is 2. The number of hydrogen-bond donors (Lipinski definition) is 1. The van der Waals surface area contributed by atoms with Gasteiger partial charge in [0.1, 0.15) is 11.3 Å². The summed E-state index contributed by atoms with van der Waals surface area (Å²) >= 11 is 11.9. The molecular formula is C23H15Cl2NO4. The molecule has 1 N–H and O–H groups in total. The van der Waals surface area contributed by atoms with Crippen LogP contribution in [0.4, 0.5) is 5.69 Å². The second-order valence-electron chi connectivity index (χ2n) is 6.48. The SMILES string of the molecule is O=C(COc1ccc(Cl)cc1Cl)Nc1cccc(-c2cc3ccccc3oc2=O)c1. The minimum atomic E-state index is -0.446. The van der Waals surface area contributed by atoms with Crippen molar-refractivity contribution < 1.29 is 13.9 Å². The lowest BCUT2D eigenvalue weighted by atomic mass is 10.1. The lowest BCUT2D eigenvalue weighted by Gasteiger charge is -2.10. The van der Waals surface area contributed by atoms with Gasteiger partial charge in [-0.05, 0) is 48.0 Å². The first kappa shape index (κ1) is 20.0. The predicted octanol–water partition coefficient (Wildman–Crippen LogP) is 5.78. The van der Waals surface area contributed by atoms with E-state index < -0.39 is 5.63 Å². The molecule has 0 spiro atoms. The molecule has 0 aliphatic rings. The van der Waals surface area contributed by atoms with E-state index in [1.807, 2.05) is 12.1 Å². The standard InChI is InChI=1S/C23H15Cl2NO4/c24-16-8-9-21(19(25)12-16)29-13-22(27)26-17-6-3-5-14(10-17)18-11-15-4-1-2-7-20(15)30-23(18)28/h1-12H,13H2,(H,26,27). The fourth-order valence-corrected chi connectivity index (χ4v) is 3.42. The molecule has 1 amide bonds. The number of rotatable bonds is 5. The maximum absolute atomic E-state index is 12.4. The Balaban J connectivity index is 1.50. The van der Waals surface area contributed by atoms with Crippen molar-refractivity contribution in [1.82, 2.24) is 0 Å². The van der Waals surface area contributed by atoms with Crippen molar-refractivity contribution in [3.8, 4) is 16.9 Å². The molecule has 3 aromatic carbocycles. The van der Waals surface area contributed by atoms with Crippen LogP contribution >= 0.6 is 23.2 Å². The van der Waals surface area contributed by atoms with E-state index in [1.54, 1.807) is 54.6 Å². The number of anilines is 1. The Bertz CT molecular complexity index is 1300. The number of carbonyl (C=O) groups excluding carboxylic acids is 1. The molecule has 30 heavy (non-hydrogen) atoms. The largest absolute Gasteiger partial charge is 0.482 e. The van der Waals surface area contributed by atoms with E-state index in [1.165, 1.54) is 6.07 Å². The maximum atomic E-state index is 12.4. The molecule has 1 heterocycles. The van der Waals surface area contributed by atoms with Gasteiger partial charge in [0.25, 0.3) is 5.91 Å². The van der Waals surface area contributed by atoms with Crippen molar-refractivity contribution in [1.29, 1.82) is 0 Å². The molecule has 1 aromatic heterocycles. The third-order valence-electron chi connectivity index (χ3n) is 4.35. The molecule has 0 radical (unpaired) electrons. The van der Waals surface area contributed by atoms with Gasteiger partial charge in [-0.2, -0.15) is 0 Å². The van der Waals surface area contributed by atoms with Gasteiger partial charge in [0, 0.05) is 16.1 Å². The number of ether oxygens (including phenoxy) is 1. The molecule has 0 saturated carbocycles. The van der Waals surface area contributed by atoms with Gasteiger partial charge in [-0.15, -0.1) is 0 Å². The summed E-state index contributed by atoms with van der Waals surface area (Å²) in [6.45, 7) is -0.232. The molecule has 5 nitrogen and oxygen atoms in total. The van der Waals surface area contributed by atoms with Gasteiger partial charge in [0.05, 0.1) is 10.6 Å². The van der Waals surface area contributed by atoms with Crippen LogP contribution in [0.3, 0.4) is 0 Å². The number of benzene rings is 3. The monoisotopic (exact) mass is 439 g/mol. The minimum Gasteiger partial charge on any atom is -0.482 e. The molecule has 4 rings (SSSR count). The first-order valence-electron chi connectivity index (χ1n) is 9.00. The summed E-state index contributed by atoms with van der Waals surface area (Å²) in [4.78, 5) is 24.7. The quantitative estimate of drug-likeness (QED) is 0.399. The van der Waals surface area contributed by atoms with Gasteiger partial charge in [-0.3, -0.25) is 4.79 Å². The third-order valence-corrected chi connectivity index (χ3v) is 4.88. The lowest BCUT2D eigenvalue weighted by Crippen LogP contribution is -2.20. The number of carbonyl (C=O) groups is 1. The van der Waals surface area contributed by atoms with Crippen molar-refractivity contribution in [3.63, 3.8) is 0 Å². The number of fused-ring (bicyclic) bond motifs is 1. The molecule has 0 unspecified atom stereocenters. The van der Waals surface area contributed by atoms with Gasteiger partial charge in [-0.25, -0.2) is 4.79 Å². The number of hydrogen-bond acceptors (Lipinski definition) is 4. The van der Waals surface area contributed by atoms with Crippen LogP contribution in [-0.4, -0.2) is 12.5 Å². The molecule has 0 aliphatic carbocycles. The summed E-state index contributed by atoms with van der Waals surface area (Å²) in [5.41, 5.74) is 1.64. The van der Waals surface area contributed by atoms with Crippen molar-refractivity contribution >= 4 is 45.8 Å². The van der Waals surface area contributed by atoms with Crippen LogP contribution in [0.5, 0.6) is 5.75 Å². The normalized spacial score (nSPS) is 10.7. The highest BCUT2D eigenvalue weighted by Crippen LogP contribution is 2.27. The molecule has 0 aliphatic heterocycles. The van der Waals surface area contributed by atoms with Crippen LogP contribution in [0, 0.1) is 0 Å². The number of nitrogens with one attached hydrogen (secondary N) is 1. The Kier molecular flexibility index (Phi) is 5.74. The summed E-state index contributed by atoms with van der Waals surface area (Å²) in [5.74, 6) is -0.0116. The zero-order valence-corrected chi connectivity index (χ0v) is 17.0. The topological polar surface area (TPSA) is 68.5 Å². The molecule has 0 saturated heterocycles. The van der Waals surface area contributed by atoms with E-state index >= 15 is 0 Å². The molecule has 4 aromatic rings. The first-order chi connectivity index (χ1) is 14.5. The molecule has 7 heteroatoms. The van der Waals surface area contributed by atoms with E-state index in [-0.39, 0.29) is 12.5 Å². The lowest BCUT2D eigenvalue weighted by molar-refractivity contribution is -0.118. The van der Waals surface area contributed by atoms with Crippen LogP contribution in [0.2, 0.25) is 10.0 Å². The van der Waals surface area contributed by atoms with Gasteiger partial charge in [0.2, 0.25) is 0 Å². The van der Waals surface area contributed by atoms with E-state index in [2.05, 4.69) is 5.32 Å². The predicted molar refractivity (Wildman–Crippen MR) is 119 cm³/mol. The smallest absolute Gasteiger partial charge is 0.344 e. The van der Waals surface area contributed by atoms with E-state index in [0.717, 1.165) is 5.39 Å². The summed E-state index contributed by atoms with van der Waals surface area (Å²) in [5, 5.41) is 4.36.